The van der Waals surface area contributed by atoms with E-state index in [1.165, 1.54) is 6.21 Å². The second kappa shape index (κ2) is 13.1. The average Bonchev–Trinajstić information content (AvgIpc) is 2.86. The van der Waals surface area contributed by atoms with Crippen LogP contribution in [0.1, 0.15) is 34.7 Å². The lowest BCUT2D eigenvalue weighted by Crippen LogP contribution is -2.24. The number of urea groups is 1. The molecule has 0 atom stereocenters. The lowest BCUT2D eigenvalue weighted by atomic mass is 10.1. The molecule has 0 saturated carbocycles. The van der Waals surface area contributed by atoms with Crippen LogP contribution in [-0.4, -0.2) is 18.9 Å². The second-order valence-corrected chi connectivity index (χ2v) is 8.63. The Hall–Kier alpha value is -4.09. The zero-order chi connectivity index (χ0) is 25.9. The predicted octanol–water partition coefficient (Wildman–Crippen LogP) is 6.49. The fourth-order valence-corrected chi connectivity index (χ4v) is 3.69. The van der Waals surface area contributed by atoms with Crippen molar-refractivity contribution in [2.75, 3.05) is 11.9 Å². The van der Waals surface area contributed by atoms with Gasteiger partial charge in [0.05, 0.1) is 24.5 Å². The molecule has 0 unspecified atom stereocenters. The number of nitriles is 1. The van der Waals surface area contributed by atoms with Crippen molar-refractivity contribution in [2.45, 2.75) is 26.9 Å². The van der Waals surface area contributed by atoms with Crippen LogP contribution in [0.25, 0.3) is 0 Å². The molecule has 0 fully saturated rings. The molecule has 7 nitrogen and oxygen atoms in total. The van der Waals surface area contributed by atoms with Crippen molar-refractivity contribution >= 4 is 33.9 Å². The van der Waals surface area contributed by atoms with Gasteiger partial charge < -0.3 is 14.8 Å². The first kappa shape index (κ1) is 26.5. The summed E-state index contributed by atoms with van der Waals surface area (Å²) in [4.78, 5) is 12.2. The lowest BCUT2D eigenvalue weighted by Gasteiger charge is -2.17. The monoisotopic (exact) mass is 546 g/mol. The first-order valence-electron chi connectivity index (χ1n) is 11.3. The van der Waals surface area contributed by atoms with E-state index in [9.17, 15) is 10.1 Å². The van der Waals surface area contributed by atoms with Gasteiger partial charge in [0.2, 0.25) is 0 Å². The van der Waals surface area contributed by atoms with E-state index in [4.69, 9.17) is 9.47 Å². The van der Waals surface area contributed by atoms with E-state index >= 15 is 0 Å². The number of hydrogen-bond acceptors (Lipinski definition) is 5. The Morgan fingerprint density at radius 3 is 2.69 bits per heavy atom. The average molecular weight is 547 g/mol. The summed E-state index contributed by atoms with van der Waals surface area (Å²) < 4.78 is 12.9. The number of carbonyl (C=O) groups is 1. The summed E-state index contributed by atoms with van der Waals surface area (Å²) >= 11 is 3.44. The van der Waals surface area contributed by atoms with Crippen LogP contribution < -0.4 is 20.2 Å². The number of hydrazone groups is 1. The Labute approximate surface area is 219 Å². The predicted molar refractivity (Wildman–Crippen MR) is 146 cm³/mol. The zero-order valence-corrected chi connectivity index (χ0v) is 21.8. The van der Waals surface area contributed by atoms with Gasteiger partial charge in [0.1, 0.15) is 6.61 Å². The van der Waals surface area contributed by atoms with Gasteiger partial charge in [0.25, 0.3) is 0 Å². The van der Waals surface area contributed by atoms with Crippen LogP contribution in [0.2, 0.25) is 0 Å². The fourth-order valence-electron chi connectivity index (χ4n) is 3.44. The molecule has 3 rings (SSSR count). The summed E-state index contributed by atoms with van der Waals surface area (Å²) in [7, 11) is 0. The minimum absolute atomic E-state index is 0.221. The molecule has 0 radical (unpaired) electrons. The highest BCUT2D eigenvalue weighted by Crippen LogP contribution is 2.34. The molecule has 2 amide bonds. The number of hydrogen-bond donors (Lipinski definition) is 2. The van der Waals surface area contributed by atoms with Crippen LogP contribution in [0.15, 0.2) is 76.8 Å². The number of nitrogens with zero attached hydrogens (tertiary/aromatic N) is 2. The minimum atomic E-state index is -0.458. The Bertz CT molecular complexity index is 1310. The van der Waals surface area contributed by atoms with E-state index in [-0.39, 0.29) is 6.61 Å². The third kappa shape index (κ3) is 7.20. The number of benzene rings is 3. The number of nitrogens with one attached hydrogen (secondary N) is 2. The van der Waals surface area contributed by atoms with Crippen molar-refractivity contribution in [3.8, 4) is 17.6 Å². The highest BCUT2D eigenvalue weighted by molar-refractivity contribution is 9.10. The molecule has 2 N–H and O–H groups in total. The molecular formula is C28H27BrN4O3. The number of allylic oxidation sites excluding steroid dienone is 1. The van der Waals surface area contributed by atoms with E-state index in [0.717, 1.165) is 26.7 Å². The topological polar surface area (TPSA) is 95.7 Å². The zero-order valence-electron chi connectivity index (χ0n) is 20.2. The molecule has 0 aliphatic rings. The molecule has 0 heterocycles. The number of halogens is 1. The van der Waals surface area contributed by atoms with Crippen LogP contribution in [-0.2, 0) is 13.0 Å². The first-order valence-corrected chi connectivity index (χ1v) is 12.1. The SMILES string of the molecule is C=CCc1cc(/C=N/NC(=O)Nc2ccc(Br)c(C)c2)cc(OCC)c1OCc1ccccc1C#N. The van der Waals surface area contributed by atoms with E-state index in [1.54, 1.807) is 24.3 Å². The van der Waals surface area contributed by atoms with Crippen molar-refractivity contribution < 1.29 is 14.3 Å². The molecule has 0 aliphatic heterocycles. The molecule has 0 saturated heterocycles. The maximum atomic E-state index is 12.2. The van der Waals surface area contributed by atoms with Crippen molar-refractivity contribution in [2.24, 2.45) is 5.10 Å². The summed E-state index contributed by atoms with van der Waals surface area (Å²) in [5, 5.41) is 16.2. The third-order valence-electron chi connectivity index (χ3n) is 5.12. The van der Waals surface area contributed by atoms with Crippen LogP contribution >= 0.6 is 15.9 Å². The molecule has 0 bridgehead atoms. The molecule has 8 heteroatoms. The Morgan fingerprint density at radius 2 is 1.97 bits per heavy atom. The van der Waals surface area contributed by atoms with Gasteiger partial charge in [0.15, 0.2) is 11.5 Å². The van der Waals surface area contributed by atoms with Crippen LogP contribution in [0.3, 0.4) is 0 Å². The number of rotatable bonds is 10. The molecule has 3 aromatic rings. The summed E-state index contributed by atoms with van der Waals surface area (Å²) in [5.41, 5.74) is 7.06. The van der Waals surface area contributed by atoms with Gasteiger partial charge in [-0.25, -0.2) is 10.2 Å². The molecule has 0 aromatic heterocycles. The smallest absolute Gasteiger partial charge is 0.339 e. The normalized spacial score (nSPS) is 10.5. The van der Waals surface area contributed by atoms with E-state index in [0.29, 0.717) is 35.8 Å². The maximum Gasteiger partial charge on any atom is 0.339 e. The number of amides is 2. The van der Waals surface area contributed by atoms with Crippen molar-refractivity contribution in [3.63, 3.8) is 0 Å². The highest BCUT2D eigenvalue weighted by Gasteiger charge is 2.14. The van der Waals surface area contributed by atoms with Gasteiger partial charge in [-0.3, -0.25) is 0 Å². The third-order valence-corrected chi connectivity index (χ3v) is 6.01. The van der Waals surface area contributed by atoms with Crippen molar-refractivity contribution in [3.05, 3.63) is 99.5 Å². The standard InChI is InChI=1S/C28H27BrN4O3/c1-4-8-21-14-20(17-31-33-28(34)32-24-11-12-25(29)19(3)13-24)15-26(35-5-2)27(21)36-18-23-10-7-6-9-22(23)16-30/h4,6-7,9-15,17H,1,5,8,18H2,2-3H3,(H2,32,33,34)/b31-17+. The Balaban J connectivity index is 1.77. The maximum absolute atomic E-state index is 12.2. The van der Waals surface area contributed by atoms with Gasteiger partial charge in [0, 0.05) is 21.3 Å². The molecule has 36 heavy (non-hydrogen) atoms. The minimum Gasteiger partial charge on any atom is -0.490 e. The first-order chi connectivity index (χ1) is 17.4. The summed E-state index contributed by atoms with van der Waals surface area (Å²) in [6.07, 6.45) is 3.85. The second-order valence-electron chi connectivity index (χ2n) is 7.78. The summed E-state index contributed by atoms with van der Waals surface area (Å²) in [5.74, 6) is 1.13. The quantitative estimate of drug-likeness (QED) is 0.172. The summed E-state index contributed by atoms with van der Waals surface area (Å²) in [6.45, 7) is 8.33. The summed E-state index contributed by atoms with van der Waals surface area (Å²) in [6, 6.07) is 18.3. The van der Waals surface area contributed by atoms with Gasteiger partial charge in [-0.2, -0.15) is 10.4 Å². The van der Waals surface area contributed by atoms with Gasteiger partial charge in [-0.1, -0.05) is 40.2 Å². The Morgan fingerprint density at radius 1 is 1.17 bits per heavy atom. The number of anilines is 1. The van der Waals surface area contributed by atoms with E-state index < -0.39 is 6.03 Å². The van der Waals surface area contributed by atoms with Crippen LogP contribution in [0.4, 0.5) is 10.5 Å². The molecular weight excluding hydrogens is 520 g/mol. The number of aryl methyl sites for hydroxylation is 1. The van der Waals surface area contributed by atoms with Gasteiger partial charge in [-0.05, 0) is 67.8 Å². The fraction of sp³-hybridized carbons (Fsp3) is 0.179. The molecule has 3 aromatic carbocycles. The van der Waals surface area contributed by atoms with E-state index in [1.807, 2.05) is 50.2 Å². The van der Waals surface area contributed by atoms with E-state index in [2.05, 4.69) is 44.4 Å². The lowest BCUT2D eigenvalue weighted by molar-refractivity contribution is 0.252. The number of ether oxygens (including phenoxy) is 2. The van der Waals surface area contributed by atoms with Gasteiger partial charge >= 0.3 is 6.03 Å². The Kier molecular flexibility index (Phi) is 9.66. The van der Waals surface area contributed by atoms with Crippen LogP contribution in [0.5, 0.6) is 11.5 Å². The van der Waals surface area contributed by atoms with Crippen molar-refractivity contribution in [1.29, 1.82) is 5.26 Å². The molecule has 0 spiro atoms. The van der Waals surface area contributed by atoms with Crippen molar-refractivity contribution in [1.82, 2.24) is 5.43 Å². The van der Waals surface area contributed by atoms with Gasteiger partial charge in [-0.15, -0.1) is 6.58 Å². The molecule has 184 valence electrons. The molecule has 0 aliphatic carbocycles. The largest absolute Gasteiger partial charge is 0.490 e. The number of carbonyl (C=O) groups excluding carboxylic acids is 1. The van der Waals surface area contributed by atoms with Crippen LogP contribution in [0, 0.1) is 18.3 Å². The highest BCUT2D eigenvalue weighted by atomic mass is 79.9.